The molecule has 17 heavy (non-hydrogen) atoms. The topological polar surface area (TPSA) is 98.5 Å². The van der Waals surface area contributed by atoms with E-state index in [1.54, 1.807) is 12.1 Å². The van der Waals surface area contributed by atoms with Crippen LogP contribution in [0.1, 0.15) is 5.56 Å². The quantitative estimate of drug-likeness (QED) is 0.700. The lowest BCUT2D eigenvalue weighted by molar-refractivity contribution is -0.139. The SMILES string of the molecule is COC(=O)CNS(=O)(=O)c1ccc(CN)cc1. The summed E-state index contributed by atoms with van der Waals surface area (Å²) < 4.78 is 29.9. The van der Waals surface area contributed by atoms with Crippen LogP contribution in [-0.2, 0) is 26.1 Å². The highest BCUT2D eigenvalue weighted by molar-refractivity contribution is 7.89. The molecule has 94 valence electrons. The van der Waals surface area contributed by atoms with Crippen molar-refractivity contribution in [1.29, 1.82) is 0 Å². The summed E-state index contributed by atoms with van der Waals surface area (Å²) in [5.74, 6) is -0.646. The number of esters is 1. The summed E-state index contributed by atoms with van der Waals surface area (Å²) in [5.41, 5.74) is 6.23. The Labute approximate surface area is 99.8 Å². The van der Waals surface area contributed by atoms with Crippen LogP contribution < -0.4 is 10.5 Å². The number of nitrogens with two attached hydrogens (primary N) is 1. The molecule has 1 aromatic carbocycles. The number of carbonyl (C=O) groups excluding carboxylic acids is 1. The first-order valence-corrected chi connectivity index (χ1v) is 6.33. The van der Waals surface area contributed by atoms with Crippen molar-refractivity contribution in [2.24, 2.45) is 5.73 Å². The monoisotopic (exact) mass is 258 g/mol. The first-order valence-electron chi connectivity index (χ1n) is 4.85. The van der Waals surface area contributed by atoms with Crippen LogP contribution in [0.25, 0.3) is 0 Å². The van der Waals surface area contributed by atoms with Crippen LogP contribution >= 0.6 is 0 Å². The first kappa shape index (κ1) is 13.6. The van der Waals surface area contributed by atoms with E-state index in [0.29, 0.717) is 6.54 Å². The molecule has 0 amide bonds. The highest BCUT2D eigenvalue weighted by atomic mass is 32.2. The summed E-state index contributed by atoms with van der Waals surface area (Å²) in [6.07, 6.45) is 0. The zero-order valence-electron chi connectivity index (χ0n) is 9.34. The molecule has 0 saturated carbocycles. The third-order valence-electron chi connectivity index (χ3n) is 2.10. The minimum absolute atomic E-state index is 0.0820. The van der Waals surface area contributed by atoms with Crippen LogP contribution in [0.5, 0.6) is 0 Å². The Hall–Kier alpha value is -1.44. The van der Waals surface area contributed by atoms with Gasteiger partial charge in [-0.15, -0.1) is 0 Å². The van der Waals surface area contributed by atoms with E-state index in [4.69, 9.17) is 5.73 Å². The van der Waals surface area contributed by atoms with Crippen molar-refractivity contribution in [2.75, 3.05) is 13.7 Å². The molecule has 3 N–H and O–H groups in total. The largest absolute Gasteiger partial charge is 0.468 e. The zero-order valence-corrected chi connectivity index (χ0v) is 10.2. The Kier molecular flexibility index (Phi) is 4.62. The van der Waals surface area contributed by atoms with Gasteiger partial charge in [0.05, 0.1) is 12.0 Å². The van der Waals surface area contributed by atoms with Crippen molar-refractivity contribution in [3.8, 4) is 0 Å². The Morgan fingerprint density at radius 1 is 1.35 bits per heavy atom. The van der Waals surface area contributed by atoms with E-state index in [0.717, 1.165) is 5.56 Å². The third kappa shape index (κ3) is 3.81. The number of hydrogen-bond acceptors (Lipinski definition) is 5. The lowest BCUT2D eigenvalue weighted by Crippen LogP contribution is -2.30. The van der Waals surface area contributed by atoms with Gasteiger partial charge < -0.3 is 10.5 Å². The van der Waals surface area contributed by atoms with Gasteiger partial charge in [0, 0.05) is 6.54 Å². The number of rotatable bonds is 5. The Bertz CT molecular complexity index is 482. The second kappa shape index (κ2) is 5.76. The molecule has 1 rings (SSSR count). The van der Waals surface area contributed by atoms with Gasteiger partial charge in [-0.05, 0) is 17.7 Å². The van der Waals surface area contributed by atoms with Gasteiger partial charge in [0.2, 0.25) is 10.0 Å². The number of methoxy groups -OCH3 is 1. The van der Waals surface area contributed by atoms with E-state index in [1.165, 1.54) is 19.2 Å². The Balaban J connectivity index is 2.78. The number of sulfonamides is 1. The van der Waals surface area contributed by atoms with Gasteiger partial charge in [-0.2, -0.15) is 4.72 Å². The predicted molar refractivity (Wildman–Crippen MR) is 61.5 cm³/mol. The summed E-state index contributed by atoms with van der Waals surface area (Å²) in [7, 11) is -2.49. The maximum atomic E-state index is 11.7. The standard InChI is InChI=1S/C10H14N2O4S/c1-16-10(13)7-12-17(14,15)9-4-2-8(6-11)3-5-9/h2-5,12H,6-7,11H2,1H3. The minimum Gasteiger partial charge on any atom is -0.468 e. The molecule has 0 bridgehead atoms. The van der Waals surface area contributed by atoms with Crippen molar-refractivity contribution in [3.05, 3.63) is 29.8 Å². The van der Waals surface area contributed by atoms with E-state index >= 15 is 0 Å². The molecule has 0 fully saturated rings. The van der Waals surface area contributed by atoms with E-state index in [2.05, 4.69) is 9.46 Å². The average molecular weight is 258 g/mol. The molecular formula is C10H14N2O4S. The second-order valence-electron chi connectivity index (χ2n) is 3.25. The second-order valence-corrected chi connectivity index (χ2v) is 5.02. The van der Waals surface area contributed by atoms with Gasteiger partial charge in [-0.25, -0.2) is 8.42 Å². The fraction of sp³-hybridized carbons (Fsp3) is 0.300. The summed E-state index contributed by atoms with van der Waals surface area (Å²) in [6.45, 7) is -0.0482. The van der Waals surface area contributed by atoms with E-state index < -0.39 is 22.5 Å². The number of benzene rings is 1. The van der Waals surface area contributed by atoms with Crippen molar-refractivity contribution >= 4 is 16.0 Å². The third-order valence-corrected chi connectivity index (χ3v) is 3.52. The first-order chi connectivity index (χ1) is 7.99. The molecule has 0 saturated heterocycles. The molecule has 6 nitrogen and oxygen atoms in total. The number of ether oxygens (including phenoxy) is 1. The van der Waals surface area contributed by atoms with Crippen LogP contribution in [-0.4, -0.2) is 28.0 Å². The lowest BCUT2D eigenvalue weighted by atomic mass is 10.2. The molecular weight excluding hydrogens is 244 g/mol. The smallest absolute Gasteiger partial charge is 0.320 e. The molecule has 0 aliphatic carbocycles. The van der Waals surface area contributed by atoms with Crippen molar-refractivity contribution in [1.82, 2.24) is 4.72 Å². The molecule has 0 aromatic heterocycles. The number of carbonyl (C=O) groups is 1. The van der Waals surface area contributed by atoms with Crippen molar-refractivity contribution in [3.63, 3.8) is 0 Å². The average Bonchev–Trinajstić information content (AvgIpc) is 2.36. The Morgan fingerprint density at radius 3 is 2.41 bits per heavy atom. The van der Waals surface area contributed by atoms with Crippen molar-refractivity contribution in [2.45, 2.75) is 11.4 Å². The molecule has 0 unspecified atom stereocenters. The number of nitrogens with one attached hydrogen (secondary N) is 1. The predicted octanol–water partition coefficient (Wildman–Crippen LogP) is -0.403. The van der Waals surface area contributed by atoms with Gasteiger partial charge in [-0.1, -0.05) is 12.1 Å². The summed E-state index contributed by atoms with van der Waals surface area (Å²) in [6, 6.07) is 6.10. The Morgan fingerprint density at radius 2 is 1.94 bits per heavy atom. The highest BCUT2D eigenvalue weighted by Crippen LogP contribution is 2.09. The summed E-state index contributed by atoms with van der Waals surface area (Å²) in [4.78, 5) is 10.9. The molecule has 0 spiro atoms. The van der Waals surface area contributed by atoms with Gasteiger partial charge in [0.1, 0.15) is 6.54 Å². The van der Waals surface area contributed by atoms with Gasteiger partial charge in [-0.3, -0.25) is 4.79 Å². The fourth-order valence-electron chi connectivity index (χ4n) is 1.11. The molecule has 0 radical (unpaired) electrons. The molecule has 0 aliphatic rings. The maximum Gasteiger partial charge on any atom is 0.320 e. The molecule has 0 atom stereocenters. The van der Waals surface area contributed by atoms with Gasteiger partial charge in [0.15, 0.2) is 0 Å². The zero-order chi connectivity index (χ0) is 12.9. The summed E-state index contributed by atoms with van der Waals surface area (Å²) >= 11 is 0. The van der Waals surface area contributed by atoms with E-state index in [9.17, 15) is 13.2 Å². The minimum atomic E-state index is -3.68. The summed E-state index contributed by atoms with van der Waals surface area (Å²) in [5, 5.41) is 0. The van der Waals surface area contributed by atoms with Gasteiger partial charge >= 0.3 is 5.97 Å². The fourth-order valence-corrected chi connectivity index (χ4v) is 2.08. The lowest BCUT2D eigenvalue weighted by Gasteiger charge is -2.06. The molecule has 1 aromatic rings. The van der Waals surface area contributed by atoms with Crippen LogP contribution in [0.15, 0.2) is 29.2 Å². The van der Waals surface area contributed by atoms with E-state index in [1.807, 2.05) is 0 Å². The van der Waals surface area contributed by atoms with Gasteiger partial charge in [0.25, 0.3) is 0 Å². The van der Waals surface area contributed by atoms with Crippen LogP contribution in [0.4, 0.5) is 0 Å². The maximum absolute atomic E-state index is 11.7. The highest BCUT2D eigenvalue weighted by Gasteiger charge is 2.15. The normalized spacial score (nSPS) is 11.2. The van der Waals surface area contributed by atoms with Crippen LogP contribution in [0.2, 0.25) is 0 Å². The molecule has 0 heterocycles. The molecule has 7 heteroatoms. The van der Waals surface area contributed by atoms with Crippen molar-refractivity contribution < 1.29 is 17.9 Å². The van der Waals surface area contributed by atoms with E-state index in [-0.39, 0.29) is 4.90 Å². The van der Waals surface area contributed by atoms with Crippen LogP contribution in [0.3, 0.4) is 0 Å². The van der Waals surface area contributed by atoms with Crippen LogP contribution in [0, 0.1) is 0 Å². The molecule has 0 aliphatic heterocycles. The number of hydrogen-bond donors (Lipinski definition) is 2.